The second-order valence-corrected chi connectivity index (χ2v) is 8.32. The van der Waals surface area contributed by atoms with Crippen molar-refractivity contribution in [3.63, 3.8) is 0 Å². The highest BCUT2D eigenvalue weighted by molar-refractivity contribution is 7.89. The number of carbonyl (C=O) groups is 1. The van der Waals surface area contributed by atoms with Crippen LogP contribution in [-0.4, -0.2) is 14.4 Å². The van der Waals surface area contributed by atoms with Crippen LogP contribution in [0.25, 0.3) is 0 Å². The van der Waals surface area contributed by atoms with Crippen molar-refractivity contribution in [1.29, 1.82) is 10.5 Å². The number of nitrogens with one attached hydrogen (secondary N) is 1. The molecule has 0 saturated heterocycles. The lowest BCUT2D eigenvalue weighted by Gasteiger charge is -2.34. The van der Waals surface area contributed by atoms with E-state index in [9.17, 15) is 31.6 Å². The number of alkyl halides is 3. The van der Waals surface area contributed by atoms with Crippen molar-refractivity contribution in [1.82, 2.24) is 5.32 Å². The number of carbonyl (C=O) groups excluding carboxylic acids is 1. The van der Waals surface area contributed by atoms with Crippen LogP contribution in [0.4, 0.5) is 23.7 Å². The minimum absolute atomic E-state index is 0.00491. The molecule has 0 radical (unpaired) electrons. The summed E-state index contributed by atoms with van der Waals surface area (Å²) in [6, 6.07) is 9.06. The Labute approximate surface area is 181 Å². The van der Waals surface area contributed by atoms with Gasteiger partial charge in [-0.1, -0.05) is 12.1 Å². The van der Waals surface area contributed by atoms with Crippen LogP contribution in [0.2, 0.25) is 0 Å². The number of hydrogen-bond donors (Lipinski definition) is 2. The predicted octanol–water partition coefficient (Wildman–Crippen LogP) is 3.29. The van der Waals surface area contributed by atoms with Crippen LogP contribution in [0.1, 0.15) is 29.7 Å². The molecule has 2 aromatic rings. The van der Waals surface area contributed by atoms with Crippen molar-refractivity contribution in [2.24, 2.45) is 5.14 Å². The molecule has 0 saturated carbocycles. The number of nitrogens with two attached hydrogens (primary N) is 1. The first-order valence-corrected chi connectivity index (χ1v) is 10.4. The van der Waals surface area contributed by atoms with Gasteiger partial charge in [-0.05, 0) is 42.8 Å². The smallest absolute Gasteiger partial charge is 0.326 e. The van der Waals surface area contributed by atoms with E-state index < -0.39 is 38.7 Å². The Hall–Kier alpha value is -3.87. The molecule has 0 aromatic heterocycles. The number of urea groups is 1. The third kappa shape index (κ3) is 4.14. The van der Waals surface area contributed by atoms with Crippen LogP contribution in [-0.2, 0) is 16.2 Å². The number of nitriles is 2. The van der Waals surface area contributed by atoms with Gasteiger partial charge in [0.2, 0.25) is 10.0 Å². The summed E-state index contributed by atoms with van der Waals surface area (Å²) in [7, 11) is -4.34. The molecular formula is C20H14F3N5O3S. The van der Waals surface area contributed by atoms with Gasteiger partial charge in [0, 0.05) is 5.70 Å². The lowest BCUT2D eigenvalue weighted by molar-refractivity contribution is -0.137. The number of benzene rings is 2. The molecular weight excluding hydrogens is 447 g/mol. The van der Waals surface area contributed by atoms with Crippen molar-refractivity contribution in [2.45, 2.75) is 24.0 Å². The molecule has 0 fully saturated rings. The minimum atomic E-state index is -4.65. The Balaban J connectivity index is 2.19. The first-order chi connectivity index (χ1) is 14.9. The van der Waals surface area contributed by atoms with Gasteiger partial charge in [0.15, 0.2) is 0 Å². The number of rotatable bonds is 3. The molecule has 12 heteroatoms. The molecule has 2 aromatic carbocycles. The molecule has 3 N–H and O–H groups in total. The number of amides is 2. The number of nitrogens with zero attached hydrogens (tertiary/aromatic N) is 3. The van der Waals surface area contributed by atoms with Crippen molar-refractivity contribution in [2.75, 3.05) is 4.90 Å². The number of hydrogen-bond acceptors (Lipinski definition) is 5. The van der Waals surface area contributed by atoms with Gasteiger partial charge >= 0.3 is 12.2 Å². The number of primary sulfonamides is 1. The third-order valence-electron chi connectivity index (χ3n) is 4.80. The SMILES string of the molecule is CC1=C(C#N)C(c2ccc(C#N)cc2S(N)(=O)=O)NC(=O)N1c1cccc(C(F)(F)F)c1. The molecule has 164 valence electrons. The zero-order chi connectivity index (χ0) is 23.8. The molecule has 8 nitrogen and oxygen atoms in total. The van der Waals surface area contributed by atoms with Gasteiger partial charge in [-0.2, -0.15) is 23.7 Å². The van der Waals surface area contributed by atoms with E-state index >= 15 is 0 Å². The molecule has 1 unspecified atom stereocenters. The van der Waals surface area contributed by atoms with E-state index in [4.69, 9.17) is 10.4 Å². The number of halogens is 3. The summed E-state index contributed by atoms with van der Waals surface area (Å²) < 4.78 is 63.5. The summed E-state index contributed by atoms with van der Waals surface area (Å²) in [4.78, 5) is 13.3. The van der Waals surface area contributed by atoms with Crippen LogP contribution in [0.3, 0.4) is 0 Å². The molecule has 3 rings (SSSR count). The molecule has 0 spiro atoms. The van der Waals surface area contributed by atoms with Gasteiger partial charge in [-0.25, -0.2) is 18.4 Å². The lowest BCUT2D eigenvalue weighted by atomic mass is 9.94. The van der Waals surface area contributed by atoms with Gasteiger partial charge in [-0.3, -0.25) is 4.90 Å². The Bertz CT molecular complexity index is 1340. The average molecular weight is 461 g/mol. The predicted molar refractivity (Wildman–Crippen MR) is 106 cm³/mol. The molecule has 1 atom stereocenters. The van der Waals surface area contributed by atoms with Crippen molar-refractivity contribution >= 4 is 21.7 Å². The highest BCUT2D eigenvalue weighted by Gasteiger charge is 2.37. The molecule has 2 amide bonds. The molecule has 0 bridgehead atoms. The maximum absolute atomic E-state index is 13.1. The first-order valence-electron chi connectivity index (χ1n) is 8.84. The van der Waals surface area contributed by atoms with E-state index in [1.807, 2.05) is 6.07 Å². The lowest BCUT2D eigenvalue weighted by Crippen LogP contribution is -2.47. The molecule has 32 heavy (non-hydrogen) atoms. The van der Waals surface area contributed by atoms with Crippen LogP contribution < -0.4 is 15.4 Å². The summed E-state index contributed by atoms with van der Waals surface area (Å²) in [6.45, 7) is 1.35. The summed E-state index contributed by atoms with van der Waals surface area (Å²) in [5, 5.41) is 26.5. The summed E-state index contributed by atoms with van der Waals surface area (Å²) in [5.41, 5.74) is -1.29. The van der Waals surface area contributed by atoms with Crippen LogP contribution in [0, 0.1) is 22.7 Å². The first kappa shape index (κ1) is 22.8. The standard InChI is InChI=1S/C20H14F3N5O3S/c1-11-16(10-25)18(15-6-5-12(9-24)7-17(15)32(26,30)31)27-19(29)28(11)14-4-2-3-13(8-14)20(21,22)23/h2-8,18H,1H3,(H,27,29)(H2,26,30,31). The normalized spacial score (nSPS) is 16.9. The Morgan fingerprint density at radius 3 is 2.38 bits per heavy atom. The van der Waals surface area contributed by atoms with Gasteiger partial charge in [0.25, 0.3) is 0 Å². The fourth-order valence-electron chi connectivity index (χ4n) is 3.34. The van der Waals surface area contributed by atoms with E-state index in [0.717, 1.165) is 29.2 Å². The third-order valence-corrected chi connectivity index (χ3v) is 5.76. The van der Waals surface area contributed by atoms with Gasteiger partial charge < -0.3 is 5.32 Å². The van der Waals surface area contributed by atoms with Crippen molar-refractivity contribution in [3.05, 3.63) is 70.4 Å². The molecule has 1 aliphatic heterocycles. The van der Waals surface area contributed by atoms with Gasteiger partial charge in [0.1, 0.15) is 0 Å². The van der Waals surface area contributed by atoms with E-state index in [1.54, 1.807) is 6.07 Å². The quantitative estimate of drug-likeness (QED) is 0.722. The zero-order valence-electron chi connectivity index (χ0n) is 16.3. The largest absolute Gasteiger partial charge is 0.416 e. The Kier molecular flexibility index (Phi) is 5.70. The van der Waals surface area contributed by atoms with Crippen LogP contribution in [0.15, 0.2) is 58.6 Å². The molecule has 1 heterocycles. The Morgan fingerprint density at radius 1 is 1.12 bits per heavy atom. The van der Waals surface area contributed by atoms with Gasteiger partial charge in [-0.15, -0.1) is 0 Å². The number of sulfonamides is 1. The van der Waals surface area contributed by atoms with Crippen molar-refractivity contribution in [3.8, 4) is 12.1 Å². The van der Waals surface area contributed by atoms with Crippen molar-refractivity contribution < 1.29 is 26.4 Å². The summed E-state index contributed by atoms with van der Waals surface area (Å²) in [6.07, 6.45) is -4.65. The molecule has 0 aliphatic carbocycles. The maximum Gasteiger partial charge on any atom is 0.416 e. The molecule has 1 aliphatic rings. The zero-order valence-corrected chi connectivity index (χ0v) is 17.1. The highest BCUT2D eigenvalue weighted by atomic mass is 32.2. The van der Waals surface area contributed by atoms with E-state index in [0.29, 0.717) is 0 Å². The highest BCUT2D eigenvalue weighted by Crippen LogP contribution is 2.37. The maximum atomic E-state index is 13.1. The van der Waals surface area contributed by atoms with Gasteiger partial charge in [0.05, 0.1) is 45.5 Å². The number of anilines is 1. The van der Waals surface area contributed by atoms with E-state index in [2.05, 4.69) is 5.32 Å². The summed E-state index contributed by atoms with van der Waals surface area (Å²) >= 11 is 0. The fourth-order valence-corrected chi connectivity index (χ4v) is 4.15. The summed E-state index contributed by atoms with van der Waals surface area (Å²) in [5.74, 6) is 0. The second-order valence-electron chi connectivity index (χ2n) is 6.79. The topological polar surface area (TPSA) is 140 Å². The minimum Gasteiger partial charge on any atom is -0.326 e. The van der Waals surface area contributed by atoms with E-state index in [-0.39, 0.29) is 28.1 Å². The average Bonchev–Trinajstić information content (AvgIpc) is 2.72. The van der Waals surface area contributed by atoms with Crippen LogP contribution >= 0.6 is 0 Å². The van der Waals surface area contributed by atoms with Crippen LogP contribution in [0.5, 0.6) is 0 Å². The second kappa shape index (κ2) is 8.00. The van der Waals surface area contributed by atoms with E-state index in [1.165, 1.54) is 25.1 Å². The monoisotopic (exact) mass is 461 g/mol. The fraction of sp³-hybridized carbons (Fsp3) is 0.150. The number of allylic oxidation sites excluding steroid dienone is 1. The Morgan fingerprint density at radius 2 is 1.81 bits per heavy atom.